The molecule has 1 aliphatic rings. The smallest absolute Gasteiger partial charge is 0.274 e. The average molecular weight is 315 g/mol. The summed E-state index contributed by atoms with van der Waals surface area (Å²) in [6.45, 7) is 5.31. The highest BCUT2D eigenvalue weighted by Crippen LogP contribution is 2.32. The van der Waals surface area contributed by atoms with E-state index in [9.17, 15) is 4.79 Å². The lowest BCUT2D eigenvalue weighted by atomic mass is 10.1. The molecule has 1 amide bonds. The van der Waals surface area contributed by atoms with E-state index in [-0.39, 0.29) is 11.9 Å². The second-order valence-electron chi connectivity index (χ2n) is 5.81. The molecule has 5 heteroatoms. The SMILES string of the molecule is Cc1cccc(-c2sc(C)nc2C(=O)N2CCC[C@H]2CN)c1. The number of rotatable bonds is 3. The van der Waals surface area contributed by atoms with Gasteiger partial charge in [-0.15, -0.1) is 11.3 Å². The van der Waals surface area contributed by atoms with Gasteiger partial charge in [-0.05, 0) is 32.3 Å². The van der Waals surface area contributed by atoms with Crippen LogP contribution in [-0.2, 0) is 0 Å². The number of carbonyl (C=O) groups excluding carboxylic acids is 1. The van der Waals surface area contributed by atoms with E-state index in [0.717, 1.165) is 34.8 Å². The van der Waals surface area contributed by atoms with Gasteiger partial charge in [0.05, 0.1) is 9.88 Å². The lowest BCUT2D eigenvalue weighted by Gasteiger charge is -2.23. The van der Waals surface area contributed by atoms with Crippen molar-refractivity contribution in [3.63, 3.8) is 0 Å². The summed E-state index contributed by atoms with van der Waals surface area (Å²) in [5, 5.41) is 0.920. The van der Waals surface area contributed by atoms with Gasteiger partial charge < -0.3 is 10.6 Å². The molecule has 1 aromatic heterocycles. The minimum Gasteiger partial charge on any atom is -0.333 e. The Bertz CT molecular complexity index is 695. The molecule has 0 radical (unpaired) electrons. The van der Waals surface area contributed by atoms with Crippen molar-refractivity contribution in [2.75, 3.05) is 13.1 Å². The number of hydrogen-bond acceptors (Lipinski definition) is 4. The van der Waals surface area contributed by atoms with Crippen LogP contribution in [0.4, 0.5) is 0 Å². The van der Waals surface area contributed by atoms with E-state index in [1.807, 2.05) is 24.0 Å². The highest BCUT2D eigenvalue weighted by molar-refractivity contribution is 7.15. The van der Waals surface area contributed by atoms with Gasteiger partial charge in [-0.2, -0.15) is 0 Å². The molecule has 3 rings (SSSR count). The predicted molar refractivity (Wildman–Crippen MR) is 90.1 cm³/mol. The fourth-order valence-corrected chi connectivity index (χ4v) is 3.94. The highest BCUT2D eigenvalue weighted by atomic mass is 32.1. The van der Waals surface area contributed by atoms with Crippen molar-refractivity contribution in [3.8, 4) is 10.4 Å². The number of thiazole rings is 1. The van der Waals surface area contributed by atoms with E-state index in [4.69, 9.17) is 5.73 Å². The summed E-state index contributed by atoms with van der Waals surface area (Å²) in [6, 6.07) is 8.38. The molecule has 0 bridgehead atoms. The maximum atomic E-state index is 12.9. The second kappa shape index (κ2) is 6.18. The van der Waals surface area contributed by atoms with Crippen LogP contribution in [0.2, 0.25) is 0 Å². The standard InChI is InChI=1S/C17H21N3OS/c1-11-5-3-6-13(9-11)16-15(19-12(2)22-16)17(21)20-8-4-7-14(20)10-18/h3,5-6,9,14H,4,7-8,10,18H2,1-2H3/t14-/m0/s1. The molecule has 2 heterocycles. The molecule has 1 atom stereocenters. The number of likely N-dealkylation sites (tertiary alicyclic amines) is 1. The molecule has 1 saturated heterocycles. The Morgan fingerprint density at radius 1 is 1.45 bits per heavy atom. The maximum Gasteiger partial charge on any atom is 0.274 e. The molecule has 1 aromatic carbocycles. The normalized spacial score (nSPS) is 18.0. The van der Waals surface area contributed by atoms with E-state index >= 15 is 0 Å². The number of amides is 1. The van der Waals surface area contributed by atoms with Gasteiger partial charge in [-0.3, -0.25) is 4.79 Å². The molecule has 2 aromatic rings. The first kappa shape index (κ1) is 15.2. The molecule has 0 unspecified atom stereocenters. The number of benzene rings is 1. The molecule has 0 saturated carbocycles. The molecule has 4 nitrogen and oxygen atoms in total. The molecule has 1 fully saturated rings. The van der Waals surface area contributed by atoms with Crippen LogP contribution >= 0.6 is 11.3 Å². The third-order valence-corrected chi connectivity index (χ3v) is 5.15. The highest BCUT2D eigenvalue weighted by Gasteiger charge is 2.31. The zero-order valence-corrected chi connectivity index (χ0v) is 13.8. The number of hydrogen-bond donors (Lipinski definition) is 1. The zero-order valence-electron chi connectivity index (χ0n) is 13.0. The van der Waals surface area contributed by atoms with Crippen LogP contribution < -0.4 is 5.73 Å². The zero-order chi connectivity index (χ0) is 15.7. The maximum absolute atomic E-state index is 12.9. The molecule has 116 valence electrons. The third kappa shape index (κ3) is 2.78. The van der Waals surface area contributed by atoms with Crippen molar-refractivity contribution in [3.05, 3.63) is 40.5 Å². The molecular formula is C17H21N3OS. The van der Waals surface area contributed by atoms with E-state index in [0.29, 0.717) is 12.2 Å². The lowest BCUT2D eigenvalue weighted by Crippen LogP contribution is -2.40. The van der Waals surface area contributed by atoms with Gasteiger partial charge in [0, 0.05) is 19.1 Å². The van der Waals surface area contributed by atoms with Crippen molar-refractivity contribution in [2.24, 2.45) is 5.73 Å². The van der Waals surface area contributed by atoms with Crippen molar-refractivity contribution in [1.29, 1.82) is 0 Å². The Morgan fingerprint density at radius 2 is 2.27 bits per heavy atom. The first-order valence-corrected chi connectivity index (χ1v) is 8.47. The third-order valence-electron chi connectivity index (χ3n) is 4.13. The van der Waals surface area contributed by atoms with Gasteiger partial charge >= 0.3 is 0 Å². The summed E-state index contributed by atoms with van der Waals surface area (Å²) in [5.74, 6) is 0.0220. The molecule has 22 heavy (non-hydrogen) atoms. The Hall–Kier alpha value is -1.72. The fourth-order valence-electron chi connectivity index (χ4n) is 3.04. The molecule has 2 N–H and O–H groups in total. The summed E-state index contributed by atoms with van der Waals surface area (Å²) in [7, 11) is 0. The Morgan fingerprint density at radius 3 is 3.00 bits per heavy atom. The van der Waals surface area contributed by atoms with Crippen molar-refractivity contribution in [1.82, 2.24) is 9.88 Å². The first-order chi connectivity index (χ1) is 10.6. The van der Waals surface area contributed by atoms with Crippen molar-refractivity contribution < 1.29 is 4.79 Å². The van der Waals surface area contributed by atoms with Crippen molar-refractivity contribution in [2.45, 2.75) is 32.7 Å². The number of carbonyl (C=O) groups is 1. The van der Waals surface area contributed by atoms with E-state index in [2.05, 4.69) is 24.0 Å². The summed E-state index contributed by atoms with van der Waals surface area (Å²) >= 11 is 1.58. The van der Waals surface area contributed by atoms with Gasteiger partial charge in [0.15, 0.2) is 0 Å². The first-order valence-electron chi connectivity index (χ1n) is 7.65. The van der Waals surface area contributed by atoms with Crippen LogP contribution in [0.5, 0.6) is 0 Å². The van der Waals surface area contributed by atoms with E-state index in [1.165, 1.54) is 5.56 Å². The number of aryl methyl sites for hydroxylation is 2. The molecule has 0 aliphatic carbocycles. The number of aromatic nitrogens is 1. The predicted octanol–water partition coefficient (Wildman–Crippen LogP) is 2.99. The summed E-state index contributed by atoms with van der Waals surface area (Å²) < 4.78 is 0. The minimum atomic E-state index is 0.0220. The summed E-state index contributed by atoms with van der Waals surface area (Å²) in [4.78, 5) is 20.3. The van der Waals surface area contributed by atoms with Gasteiger partial charge in [-0.1, -0.05) is 29.8 Å². The van der Waals surface area contributed by atoms with Crippen LogP contribution in [0.25, 0.3) is 10.4 Å². The van der Waals surface area contributed by atoms with Gasteiger partial charge in [0.1, 0.15) is 5.69 Å². The summed E-state index contributed by atoms with van der Waals surface area (Å²) in [6.07, 6.45) is 2.02. The van der Waals surface area contributed by atoms with E-state index < -0.39 is 0 Å². The van der Waals surface area contributed by atoms with Crippen LogP contribution in [0.3, 0.4) is 0 Å². The lowest BCUT2D eigenvalue weighted by molar-refractivity contribution is 0.0736. The van der Waals surface area contributed by atoms with Gasteiger partial charge in [-0.25, -0.2) is 4.98 Å². The summed E-state index contributed by atoms with van der Waals surface area (Å²) in [5.41, 5.74) is 8.63. The van der Waals surface area contributed by atoms with Crippen LogP contribution in [-0.4, -0.2) is 34.9 Å². The topological polar surface area (TPSA) is 59.2 Å². The molecular weight excluding hydrogens is 294 g/mol. The van der Waals surface area contributed by atoms with Crippen molar-refractivity contribution >= 4 is 17.2 Å². The largest absolute Gasteiger partial charge is 0.333 e. The van der Waals surface area contributed by atoms with E-state index in [1.54, 1.807) is 11.3 Å². The minimum absolute atomic E-state index is 0.0220. The number of nitrogens with two attached hydrogens (primary N) is 1. The Balaban J connectivity index is 1.99. The van der Waals surface area contributed by atoms with Gasteiger partial charge in [0.25, 0.3) is 5.91 Å². The molecule has 0 spiro atoms. The van der Waals surface area contributed by atoms with Crippen LogP contribution in [0, 0.1) is 13.8 Å². The fraction of sp³-hybridized carbons (Fsp3) is 0.412. The quantitative estimate of drug-likeness (QED) is 0.947. The van der Waals surface area contributed by atoms with Gasteiger partial charge in [0.2, 0.25) is 0 Å². The van der Waals surface area contributed by atoms with Crippen LogP contribution in [0.15, 0.2) is 24.3 Å². The Labute approximate surface area is 135 Å². The monoisotopic (exact) mass is 315 g/mol. The second-order valence-corrected chi connectivity index (χ2v) is 7.01. The molecule has 1 aliphatic heterocycles. The van der Waals surface area contributed by atoms with Crippen LogP contribution in [0.1, 0.15) is 33.9 Å². The number of nitrogens with zero attached hydrogens (tertiary/aromatic N) is 2. The Kier molecular flexibility index (Phi) is 4.27. The average Bonchev–Trinajstić information content (AvgIpc) is 3.12.